The summed E-state index contributed by atoms with van der Waals surface area (Å²) in [5, 5.41) is 0. The van der Waals surface area contributed by atoms with E-state index >= 15 is 0 Å². The summed E-state index contributed by atoms with van der Waals surface area (Å²) in [6.45, 7) is 6.89. The van der Waals surface area contributed by atoms with Gasteiger partial charge in [0.05, 0.1) is 0 Å². The molecule has 1 saturated carbocycles. The molecule has 2 aliphatic heterocycles. The summed E-state index contributed by atoms with van der Waals surface area (Å²) in [7, 11) is 0. The van der Waals surface area contributed by atoms with Gasteiger partial charge < -0.3 is 9.64 Å². The number of carbonyl (C=O) groups excluding carboxylic acids is 1. The molecule has 0 bridgehead atoms. The zero-order valence-electron chi connectivity index (χ0n) is 12.6. The number of hydrogen-bond donors (Lipinski definition) is 0. The third-order valence-electron chi connectivity index (χ3n) is 5.20. The zero-order chi connectivity index (χ0) is 13.8. The van der Waals surface area contributed by atoms with Crippen LogP contribution >= 0.6 is 0 Å². The summed E-state index contributed by atoms with van der Waals surface area (Å²) < 4.78 is 5.36. The van der Waals surface area contributed by atoms with Crippen molar-refractivity contribution in [2.24, 2.45) is 11.8 Å². The molecule has 4 heteroatoms. The summed E-state index contributed by atoms with van der Waals surface area (Å²) in [6.07, 6.45) is 7.44. The van der Waals surface area contributed by atoms with E-state index < -0.39 is 0 Å². The normalized spacial score (nSPS) is 29.2. The van der Waals surface area contributed by atoms with Gasteiger partial charge in [0.1, 0.15) is 0 Å². The largest absolute Gasteiger partial charge is 0.381 e. The minimum Gasteiger partial charge on any atom is -0.381 e. The highest BCUT2D eigenvalue weighted by Crippen LogP contribution is 2.26. The van der Waals surface area contributed by atoms with E-state index in [-0.39, 0.29) is 0 Å². The molecule has 0 N–H and O–H groups in total. The third kappa shape index (κ3) is 3.73. The van der Waals surface area contributed by atoms with Crippen molar-refractivity contribution < 1.29 is 9.53 Å². The molecule has 1 amide bonds. The highest BCUT2D eigenvalue weighted by atomic mass is 16.5. The standard InChI is InChI=1S/C16H28N2O2/c19-16(11-15-5-10-20-13-15)18-8-6-17(7-9-18)12-14-3-1-2-4-14/h14-15H,1-13H2. The average molecular weight is 280 g/mol. The number of amides is 1. The van der Waals surface area contributed by atoms with Crippen molar-refractivity contribution in [3.8, 4) is 0 Å². The Morgan fingerprint density at radius 2 is 1.75 bits per heavy atom. The molecule has 0 spiro atoms. The second kappa shape index (κ2) is 6.90. The summed E-state index contributed by atoms with van der Waals surface area (Å²) in [6, 6.07) is 0. The number of nitrogens with zero attached hydrogens (tertiary/aromatic N) is 2. The Kier molecular flexibility index (Phi) is 4.94. The summed E-state index contributed by atoms with van der Waals surface area (Å²) in [4.78, 5) is 16.9. The maximum absolute atomic E-state index is 12.3. The second-order valence-corrected chi connectivity index (χ2v) is 6.77. The predicted octanol–water partition coefficient (Wildman–Crippen LogP) is 1.75. The highest BCUT2D eigenvalue weighted by molar-refractivity contribution is 5.76. The van der Waals surface area contributed by atoms with E-state index in [2.05, 4.69) is 9.80 Å². The fourth-order valence-electron chi connectivity index (χ4n) is 3.86. The van der Waals surface area contributed by atoms with Gasteiger partial charge in [0.25, 0.3) is 0 Å². The van der Waals surface area contributed by atoms with Crippen LogP contribution in [0.5, 0.6) is 0 Å². The van der Waals surface area contributed by atoms with Crippen LogP contribution in [0.1, 0.15) is 38.5 Å². The monoisotopic (exact) mass is 280 g/mol. The molecular weight excluding hydrogens is 252 g/mol. The van der Waals surface area contributed by atoms with Gasteiger partial charge in [0.15, 0.2) is 0 Å². The van der Waals surface area contributed by atoms with E-state index in [0.29, 0.717) is 18.2 Å². The van der Waals surface area contributed by atoms with Crippen molar-refractivity contribution in [3.63, 3.8) is 0 Å². The smallest absolute Gasteiger partial charge is 0.223 e. The van der Waals surface area contributed by atoms with Gasteiger partial charge in [-0.1, -0.05) is 12.8 Å². The SMILES string of the molecule is O=C(CC1CCOC1)N1CCN(CC2CCCC2)CC1. The van der Waals surface area contributed by atoms with Gasteiger partial charge in [-0.05, 0) is 31.1 Å². The van der Waals surface area contributed by atoms with E-state index in [1.165, 1.54) is 32.2 Å². The van der Waals surface area contributed by atoms with E-state index in [1.807, 2.05) is 0 Å². The summed E-state index contributed by atoms with van der Waals surface area (Å²) in [5.41, 5.74) is 0. The van der Waals surface area contributed by atoms with E-state index in [9.17, 15) is 4.79 Å². The number of piperazine rings is 1. The lowest BCUT2D eigenvalue weighted by molar-refractivity contribution is -0.134. The van der Waals surface area contributed by atoms with Gasteiger partial charge in [0.2, 0.25) is 5.91 Å². The Bertz CT molecular complexity index is 314. The molecule has 4 nitrogen and oxygen atoms in total. The molecule has 3 fully saturated rings. The molecule has 1 aliphatic carbocycles. The van der Waals surface area contributed by atoms with Gasteiger partial charge in [-0.3, -0.25) is 9.69 Å². The van der Waals surface area contributed by atoms with Crippen LogP contribution in [0.2, 0.25) is 0 Å². The van der Waals surface area contributed by atoms with Crippen molar-refractivity contribution in [1.29, 1.82) is 0 Å². The first-order valence-electron chi connectivity index (χ1n) is 8.39. The van der Waals surface area contributed by atoms with Crippen molar-refractivity contribution in [2.45, 2.75) is 38.5 Å². The molecule has 0 aromatic carbocycles. The maximum Gasteiger partial charge on any atom is 0.223 e. The van der Waals surface area contributed by atoms with Gasteiger partial charge in [-0.25, -0.2) is 0 Å². The van der Waals surface area contributed by atoms with Crippen LogP contribution in [0.15, 0.2) is 0 Å². The van der Waals surface area contributed by atoms with Crippen molar-refractivity contribution in [1.82, 2.24) is 9.80 Å². The number of hydrogen-bond acceptors (Lipinski definition) is 3. The third-order valence-corrected chi connectivity index (χ3v) is 5.20. The molecule has 0 radical (unpaired) electrons. The molecule has 2 heterocycles. The van der Waals surface area contributed by atoms with Crippen LogP contribution in [-0.2, 0) is 9.53 Å². The second-order valence-electron chi connectivity index (χ2n) is 6.77. The number of rotatable bonds is 4. The molecule has 3 rings (SSSR count). The highest BCUT2D eigenvalue weighted by Gasteiger charge is 2.26. The van der Waals surface area contributed by atoms with E-state index in [1.54, 1.807) is 0 Å². The Balaban J connectivity index is 1.37. The van der Waals surface area contributed by atoms with Crippen molar-refractivity contribution in [3.05, 3.63) is 0 Å². The van der Waals surface area contributed by atoms with Gasteiger partial charge in [0, 0.05) is 52.4 Å². The first-order chi connectivity index (χ1) is 9.81. The Hall–Kier alpha value is -0.610. The first kappa shape index (κ1) is 14.3. The first-order valence-corrected chi connectivity index (χ1v) is 8.39. The summed E-state index contributed by atoms with van der Waals surface area (Å²) in [5.74, 6) is 1.74. The lowest BCUT2D eigenvalue weighted by Gasteiger charge is -2.36. The predicted molar refractivity (Wildman–Crippen MR) is 78.5 cm³/mol. The van der Waals surface area contributed by atoms with Crippen LogP contribution in [0.4, 0.5) is 0 Å². The van der Waals surface area contributed by atoms with Gasteiger partial charge in [-0.2, -0.15) is 0 Å². The van der Waals surface area contributed by atoms with Crippen LogP contribution < -0.4 is 0 Å². The van der Waals surface area contributed by atoms with Crippen LogP contribution in [0.25, 0.3) is 0 Å². The van der Waals surface area contributed by atoms with Crippen LogP contribution in [0, 0.1) is 11.8 Å². The number of ether oxygens (including phenoxy) is 1. The maximum atomic E-state index is 12.3. The molecule has 20 heavy (non-hydrogen) atoms. The topological polar surface area (TPSA) is 32.8 Å². The average Bonchev–Trinajstić information content (AvgIpc) is 3.13. The molecule has 2 saturated heterocycles. The Morgan fingerprint density at radius 3 is 2.40 bits per heavy atom. The molecule has 114 valence electrons. The van der Waals surface area contributed by atoms with Crippen molar-refractivity contribution in [2.75, 3.05) is 45.9 Å². The van der Waals surface area contributed by atoms with Gasteiger partial charge >= 0.3 is 0 Å². The van der Waals surface area contributed by atoms with E-state index in [0.717, 1.165) is 51.7 Å². The van der Waals surface area contributed by atoms with Gasteiger partial charge in [-0.15, -0.1) is 0 Å². The summed E-state index contributed by atoms with van der Waals surface area (Å²) >= 11 is 0. The number of carbonyl (C=O) groups is 1. The molecule has 1 unspecified atom stereocenters. The van der Waals surface area contributed by atoms with Crippen LogP contribution in [-0.4, -0.2) is 61.6 Å². The molecular formula is C16H28N2O2. The molecule has 0 aromatic heterocycles. The zero-order valence-corrected chi connectivity index (χ0v) is 12.6. The fraction of sp³-hybridized carbons (Fsp3) is 0.938. The quantitative estimate of drug-likeness (QED) is 0.786. The fourth-order valence-corrected chi connectivity index (χ4v) is 3.86. The minimum atomic E-state index is 0.348. The Morgan fingerprint density at radius 1 is 1.00 bits per heavy atom. The van der Waals surface area contributed by atoms with Crippen molar-refractivity contribution >= 4 is 5.91 Å². The molecule has 0 aromatic rings. The lowest BCUT2D eigenvalue weighted by atomic mass is 10.0. The van der Waals surface area contributed by atoms with E-state index in [4.69, 9.17) is 4.74 Å². The molecule has 3 aliphatic rings. The Labute approximate surface area is 122 Å². The molecule has 1 atom stereocenters. The lowest BCUT2D eigenvalue weighted by Crippen LogP contribution is -2.49. The van der Waals surface area contributed by atoms with Crippen LogP contribution in [0.3, 0.4) is 0 Å². The minimum absolute atomic E-state index is 0.348.